The zero-order valence-corrected chi connectivity index (χ0v) is 16.7. The number of hydrogen-bond donors (Lipinski definition) is 0. The molecule has 3 atom stereocenters. The van der Waals surface area contributed by atoms with Crippen LogP contribution in [-0.4, -0.2) is 56.0 Å². The summed E-state index contributed by atoms with van der Waals surface area (Å²) in [6.45, 7) is 5.26. The average Bonchev–Trinajstić information content (AvgIpc) is 2.87. The molecule has 146 valence electrons. The van der Waals surface area contributed by atoms with Crippen molar-refractivity contribution in [2.75, 3.05) is 26.7 Å². The highest BCUT2D eigenvalue weighted by Gasteiger charge is 2.39. The molecular weight excluding hydrogens is 352 g/mol. The lowest BCUT2D eigenvalue weighted by Gasteiger charge is -2.39. The number of nitrogens with zero attached hydrogens (tertiary/aromatic N) is 2. The molecule has 2 aliphatic heterocycles. The van der Waals surface area contributed by atoms with Crippen molar-refractivity contribution in [3.05, 3.63) is 29.8 Å². The highest BCUT2D eigenvalue weighted by molar-refractivity contribution is 7.86. The molecule has 7 heteroatoms. The topological polar surface area (TPSA) is 59.1 Å². The molecule has 0 bridgehead atoms. The van der Waals surface area contributed by atoms with E-state index in [-0.39, 0.29) is 18.2 Å². The summed E-state index contributed by atoms with van der Waals surface area (Å²) >= 11 is 0. The molecule has 6 nitrogen and oxygen atoms in total. The number of methoxy groups -OCH3 is 1. The number of morpholine rings is 1. The van der Waals surface area contributed by atoms with Gasteiger partial charge in [-0.15, -0.1) is 0 Å². The molecule has 2 heterocycles. The van der Waals surface area contributed by atoms with E-state index in [1.54, 1.807) is 15.7 Å². The van der Waals surface area contributed by atoms with Crippen molar-refractivity contribution in [3.8, 4) is 5.75 Å². The SMILES string of the molecule is COc1ccc([C@@H]2CCCCCN2S(=O)(=O)N2C[C@@H](C)O[C@@H](C)C2)cc1. The lowest BCUT2D eigenvalue weighted by atomic mass is 10.0. The predicted octanol–water partition coefficient (Wildman–Crippen LogP) is 2.97. The molecule has 0 aliphatic carbocycles. The van der Waals surface area contributed by atoms with E-state index in [2.05, 4.69) is 0 Å². The summed E-state index contributed by atoms with van der Waals surface area (Å²) in [4.78, 5) is 0. The first-order valence-electron chi connectivity index (χ1n) is 9.48. The minimum Gasteiger partial charge on any atom is -0.497 e. The van der Waals surface area contributed by atoms with Gasteiger partial charge in [0.1, 0.15) is 5.75 Å². The molecule has 0 N–H and O–H groups in total. The van der Waals surface area contributed by atoms with E-state index in [1.807, 2.05) is 38.1 Å². The van der Waals surface area contributed by atoms with Gasteiger partial charge in [0.15, 0.2) is 0 Å². The maximum absolute atomic E-state index is 13.5. The van der Waals surface area contributed by atoms with Gasteiger partial charge in [0.05, 0.1) is 25.4 Å². The summed E-state index contributed by atoms with van der Waals surface area (Å²) < 4.78 is 41.2. The van der Waals surface area contributed by atoms with Gasteiger partial charge in [-0.1, -0.05) is 25.0 Å². The Morgan fingerprint density at radius 2 is 1.69 bits per heavy atom. The van der Waals surface area contributed by atoms with Gasteiger partial charge in [-0.25, -0.2) is 0 Å². The zero-order valence-electron chi connectivity index (χ0n) is 15.9. The molecule has 26 heavy (non-hydrogen) atoms. The van der Waals surface area contributed by atoms with Crippen molar-refractivity contribution in [3.63, 3.8) is 0 Å². The second-order valence-corrected chi connectivity index (χ2v) is 9.21. The lowest BCUT2D eigenvalue weighted by Crippen LogP contribution is -2.53. The third kappa shape index (κ3) is 4.22. The zero-order chi connectivity index (χ0) is 18.7. The fourth-order valence-corrected chi connectivity index (χ4v) is 5.99. The van der Waals surface area contributed by atoms with Crippen LogP contribution in [0.15, 0.2) is 24.3 Å². The second-order valence-electron chi connectivity index (χ2n) is 7.33. The maximum Gasteiger partial charge on any atom is 0.282 e. The van der Waals surface area contributed by atoms with E-state index >= 15 is 0 Å². The van der Waals surface area contributed by atoms with Crippen molar-refractivity contribution in [1.29, 1.82) is 0 Å². The maximum atomic E-state index is 13.5. The van der Waals surface area contributed by atoms with Gasteiger partial charge in [-0.2, -0.15) is 17.0 Å². The van der Waals surface area contributed by atoms with Crippen LogP contribution in [0.3, 0.4) is 0 Å². The highest BCUT2D eigenvalue weighted by Crippen LogP contribution is 2.34. The molecule has 1 aromatic rings. The van der Waals surface area contributed by atoms with Crippen LogP contribution in [0.5, 0.6) is 5.75 Å². The van der Waals surface area contributed by atoms with Crippen LogP contribution in [-0.2, 0) is 14.9 Å². The van der Waals surface area contributed by atoms with Crippen LogP contribution in [0.2, 0.25) is 0 Å². The van der Waals surface area contributed by atoms with Crippen molar-refractivity contribution in [2.24, 2.45) is 0 Å². The average molecular weight is 383 g/mol. The number of hydrogen-bond acceptors (Lipinski definition) is 4. The van der Waals surface area contributed by atoms with E-state index in [0.29, 0.717) is 19.6 Å². The molecule has 0 unspecified atom stereocenters. The van der Waals surface area contributed by atoms with E-state index in [0.717, 1.165) is 37.0 Å². The summed E-state index contributed by atoms with van der Waals surface area (Å²) in [7, 11) is -1.89. The third-order valence-electron chi connectivity index (χ3n) is 5.21. The summed E-state index contributed by atoms with van der Waals surface area (Å²) in [6, 6.07) is 7.67. The predicted molar refractivity (Wildman–Crippen MR) is 101 cm³/mol. The van der Waals surface area contributed by atoms with E-state index in [1.165, 1.54) is 0 Å². The smallest absolute Gasteiger partial charge is 0.282 e. The van der Waals surface area contributed by atoms with Crippen LogP contribution in [0.25, 0.3) is 0 Å². The molecule has 2 saturated heterocycles. The molecule has 3 rings (SSSR count). The molecule has 2 aliphatic rings. The molecule has 1 aromatic carbocycles. The van der Waals surface area contributed by atoms with Crippen molar-refractivity contribution < 1.29 is 17.9 Å². The molecule has 0 saturated carbocycles. The number of rotatable bonds is 4. The largest absolute Gasteiger partial charge is 0.497 e. The quantitative estimate of drug-likeness (QED) is 0.803. The van der Waals surface area contributed by atoms with Crippen LogP contribution in [0.1, 0.15) is 51.1 Å². The van der Waals surface area contributed by atoms with Crippen LogP contribution >= 0.6 is 0 Å². The molecular formula is C19H30N2O4S. The van der Waals surface area contributed by atoms with Crippen molar-refractivity contribution in [1.82, 2.24) is 8.61 Å². The first kappa shape index (κ1) is 19.6. The molecule has 0 amide bonds. The van der Waals surface area contributed by atoms with Crippen LogP contribution in [0.4, 0.5) is 0 Å². The Kier molecular flexibility index (Phi) is 6.22. The monoisotopic (exact) mass is 382 g/mol. The minimum absolute atomic E-state index is 0.0834. The summed E-state index contributed by atoms with van der Waals surface area (Å²) in [5, 5.41) is 0. The fourth-order valence-electron chi connectivity index (χ4n) is 3.98. The number of benzene rings is 1. The Morgan fingerprint density at radius 3 is 2.31 bits per heavy atom. The molecule has 2 fully saturated rings. The minimum atomic E-state index is -3.53. The molecule has 0 aromatic heterocycles. The van der Waals surface area contributed by atoms with Gasteiger partial charge in [-0.3, -0.25) is 0 Å². The highest BCUT2D eigenvalue weighted by atomic mass is 32.2. The lowest BCUT2D eigenvalue weighted by molar-refractivity contribution is -0.0457. The van der Waals surface area contributed by atoms with Gasteiger partial charge < -0.3 is 9.47 Å². The first-order chi connectivity index (χ1) is 12.4. The molecule has 0 radical (unpaired) electrons. The van der Waals surface area contributed by atoms with Gasteiger partial charge in [0.2, 0.25) is 0 Å². The summed E-state index contributed by atoms with van der Waals surface area (Å²) in [6.07, 6.45) is 3.69. The van der Waals surface area contributed by atoms with Gasteiger partial charge in [0, 0.05) is 19.6 Å². The second kappa shape index (κ2) is 8.25. The van der Waals surface area contributed by atoms with E-state index < -0.39 is 10.2 Å². The van der Waals surface area contributed by atoms with Gasteiger partial charge in [0.25, 0.3) is 10.2 Å². The Bertz CT molecular complexity index is 682. The molecule has 0 spiro atoms. The van der Waals surface area contributed by atoms with Gasteiger partial charge >= 0.3 is 0 Å². The van der Waals surface area contributed by atoms with Crippen LogP contribution in [0, 0.1) is 0 Å². The van der Waals surface area contributed by atoms with Crippen molar-refractivity contribution in [2.45, 2.75) is 57.8 Å². The Balaban J connectivity index is 1.89. The van der Waals surface area contributed by atoms with Crippen molar-refractivity contribution >= 4 is 10.2 Å². The normalized spacial score (nSPS) is 29.3. The van der Waals surface area contributed by atoms with E-state index in [4.69, 9.17) is 9.47 Å². The summed E-state index contributed by atoms with van der Waals surface area (Å²) in [5.74, 6) is 0.785. The van der Waals surface area contributed by atoms with Gasteiger partial charge in [-0.05, 0) is 44.4 Å². The Labute approximate surface area is 157 Å². The number of ether oxygens (including phenoxy) is 2. The summed E-state index contributed by atoms with van der Waals surface area (Å²) in [5.41, 5.74) is 1.03. The standard InChI is InChI=1S/C19H30N2O4S/c1-15-13-20(14-16(2)25-15)26(22,23)21-12-6-4-5-7-19(21)17-8-10-18(24-3)11-9-17/h8-11,15-16,19H,4-7,12-14H2,1-3H3/t15-,16+,19-/m0/s1. The third-order valence-corrected chi connectivity index (χ3v) is 7.19. The Morgan fingerprint density at radius 1 is 1.04 bits per heavy atom. The van der Waals surface area contributed by atoms with E-state index in [9.17, 15) is 8.42 Å². The van der Waals surface area contributed by atoms with Crippen LogP contribution < -0.4 is 4.74 Å². The first-order valence-corrected chi connectivity index (χ1v) is 10.9. The fraction of sp³-hybridized carbons (Fsp3) is 0.684. The Hall–Kier alpha value is -1.15.